The summed E-state index contributed by atoms with van der Waals surface area (Å²) in [6.45, 7) is 6.36. The number of fused-ring (bicyclic) bond motifs is 1. The maximum absolute atomic E-state index is 12.2. The molecule has 1 aromatic heterocycles. The van der Waals surface area contributed by atoms with E-state index >= 15 is 0 Å². The normalized spacial score (nSPS) is 12.6. The van der Waals surface area contributed by atoms with Gasteiger partial charge in [0.25, 0.3) is 0 Å². The van der Waals surface area contributed by atoms with Gasteiger partial charge in [0.2, 0.25) is 5.91 Å². The van der Waals surface area contributed by atoms with E-state index in [2.05, 4.69) is 22.1 Å². The van der Waals surface area contributed by atoms with Gasteiger partial charge in [-0.1, -0.05) is 13.0 Å². The van der Waals surface area contributed by atoms with Crippen molar-refractivity contribution < 1.29 is 9.53 Å². The van der Waals surface area contributed by atoms with Crippen molar-refractivity contribution >= 4 is 16.8 Å². The summed E-state index contributed by atoms with van der Waals surface area (Å²) in [4.78, 5) is 17.6. The Bertz CT molecular complexity index is 649. The van der Waals surface area contributed by atoms with E-state index in [0.717, 1.165) is 28.8 Å². The van der Waals surface area contributed by atoms with E-state index in [1.807, 2.05) is 45.4 Å². The van der Waals surface area contributed by atoms with Gasteiger partial charge in [-0.05, 0) is 44.6 Å². The molecular formula is C18H27N3O2. The number of nitrogens with zero attached hydrogens (tertiary/aromatic N) is 1. The molecule has 0 aliphatic heterocycles. The van der Waals surface area contributed by atoms with Gasteiger partial charge in [0.05, 0.1) is 13.0 Å². The van der Waals surface area contributed by atoms with Gasteiger partial charge in [-0.15, -0.1) is 0 Å². The van der Waals surface area contributed by atoms with Gasteiger partial charge < -0.3 is 19.9 Å². The van der Waals surface area contributed by atoms with Gasteiger partial charge in [-0.3, -0.25) is 4.79 Å². The van der Waals surface area contributed by atoms with E-state index in [9.17, 15) is 4.79 Å². The predicted octanol–water partition coefficient (Wildman–Crippen LogP) is 2.42. The molecule has 0 unspecified atom stereocenters. The number of aromatic nitrogens is 1. The molecule has 0 aliphatic carbocycles. The molecule has 2 N–H and O–H groups in total. The highest BCUT2D eigenvalue weighted by Gasteiger charge is 2.13. The Balaban J connectivity index is 2.02. The third-order valence-corrected chi connectivity index (χ3v) is 3.72. The summed E-state index contributed by atoms with van der Waals surface area (Å²) in [7, 11) is 4.08. The summed E-state index contributed by atoms with van der Waals surface area (Å²) >= 11 is 0. The number of benzene rings is 1. The zero-order valence-electron chi connectivity index (χ0n) is 14.5. The largest absolute Gasteiger partial charge is 0.493 e. The lowest BCUT2D eigenvalue weighted by Gasteiger charge is -2.17. The maximum atomic E-state index is 12.2. The smallest absolute Gasteiger partial charge is 0.224 e. The van der Waals surface area contributed by atoms with Crippen molar-refractivity contribution in [2.24, 2.45) is 5.92 Å². The van der Waals surface area contributed by atoms with Crippen molar-refractivity contribution in [3.63, 3.8) is 0 Å². The molecule has 0 saturated carbocycles. The fourth-order valence-corrected chi connectivity index (χ4v) is 2.85. The van der Waals surface area contributed by atoms with Crippen LogP contribution in [0.15, 0.2) is 24.4 Å². The van der Waals surface area contributed by atoms with Crippen LogP contribution in [0.2, 0.25) is 0 Å². The summed E-state index contributed by atoms with van der Waals surface area (Å²) in [6.07, 6.45) is 2.26. The molecule has 2 aromatic rings. The Hall–Kier alpha value is -2.01. The first-order chi connectivity index (χ1) is 11.0. The molecule has 126 valence electrons. The molecule has 0 radical (unpaired) electrons. The van der Waals surface area contributed by atoms with Crippen molar-refractivity contribution in [3.8, 4) is 5.75 Å². The van der Waals surface area contributed by atoms with Crippen LogP contribution in [0.1, 0.15) is 19.4 Å². The molecule has 0 spiro atoms. The second kappa shape index (κ2) is 8.02. The van der Waals surface area contributed by atoms with E-state index in [-0.39, 0.29) is 5.91 Å². The van der Waals surface area contributed by atoms with Gasteiger partial charge >= 0.3 is 0 Å². The SMILES string of the molecule is CCOc1cccc2[nH]cc(CC(=O)NC[C@H](C)CN(C)C)c12. The lowest BCUT2D eigenvalue weighted by Crippen LogP contribution is -2.33. The Morgan fingerprint density at radius 2 is 2.17 bits per heavy atom. The first-order valence-electron chi connectivity index (χ1n) is 8.14. The predicted molar refractivity (Wildman–Crippen MR) is 93.9 cm³/mol. The highest BCUT2D eigenvalue weighted by molar-refractivity contribution is 5.93. The van der Waals surface area contributed by atoms with Crippen LogP contribution in [0.25, 0.3) is 10.9 Å². The molecular weight excluding hydrogens is 290 g/mol. The Labute approximate surface area is 138 Å². The molecule has 2 rings (SSSR count). The van der Waals surface area contributed by atoms with Crippen molar-refractivity contribution in [1.29, 1.82) is 0 Å². The van der Waals surface area contributed by atoms with Crippen molar-refractivity contribution in [1.82, 2.24) is 15.2 Å². The van der Waals surface area contributed by atoms with Crippen LogP contribution in [0, 0.1) is 5.92 Å². The minimum Gasteiger partial charge on any atom is -0.493 e. The van der Waals surface area contributed by atoms with Crippen molar-refractivity contribution in [2.75, 3.05) is 33.8 Å². The third kappa shape index (κ3) is 4.73. The first kappa shape index (κ1) is 17.3. The highest BCUT2D eigenvalue weighted by Crippen LogP contribution is 2.29. The van der Waals surface area contributed by atoms with Crippen LogP contribution in [-0.2, 0) is 11.2 Å². The molecule has 5 heteroatoms. The number of amides is 1. The van der Waals surface area contributed by atoms with E-state index in [1.54, 1.807) is 0 Å². The maximum Gasteiger partial charge on any atom is 0.224 e. The van der Waals surface area contributed by atoms with Crippen molar-refractivity contribution in [2.45, 2.75) is 20.3 Å². The van der Waals surface area contributed by atoms with Gasteiger partial charge in [0.15, 0.2) is 0 Å². The number of nitrogens with one attached hydrogen (secondary N) is 2. The molecule has 1 atom stereocenters. The Morgan fingerprint density at radius 3 is 2.87 bits per heavy atom. The van der Waals surface area contributed by atoms with E-state index in [0.29, 0.717) is 25.5 Å². The Morgan fingerprint density at radius 1 is 1.39 bits per heavy atom. The monoisotopic (exact) mass is 317 g/mol. The standard InChI is InChI=1S/C18H27N3O2/c1-5-23-16-8-6-7-15-18(16)14(11-19-15)9-17(22)20-10-13(2)12-21(3)4/h6-8,11,13,19H,5,9-10,12H2,1-4H3,(H,20,22)/t13-/m0/s1. The molecule has 23 heavy (non-hydrogen) atoms. The molecule has 1 heterocycles. The molecule has 0 saturated heterocycles. The van der Waals surface area contributed by atoms with Gasteiger partial charge in [-0.2, -0.15) is 0 Å². The van der Waals surface area contributed by atoms with Gasteiger partial charge in [0.1, 0.15) is 5.75 Å². The zero-order chi connectivity index (χ0) is 16.8. The molecule has 0 fully saturated rings. The van der Waals surface area contributed by atoms with Crippen LogP contribution in [0.5, 0.6) is 5.75 Å². The van der Waals surface area contributed by atoms with E-state index in [1.165, 1.54) is 0 Å². The van der Waals surface area contributed by atoms with Crippen LogP contribution >= 0.6 is 0 Å². The summed E-state index contributed by atoms with van der Waals surface area (Å²) in [6, 6.07) is 5.90. The molecule has 0 bridgehead atoms. The number of hydrogen-bond donors (Lipinski definition) is 2. The van der Waals surface area contributed by atoms with Crippen molar-refractivity contribution in [3.05, 3.63) is 30.0 Å². The lowest BCUT2D eigenvalue weighted by atomic mass is 10.1. The Kier molecular flexibility index (Phi) is 6.04. The molecule has 1 aromatic carbocycles. The summed E-state index contributed by atoms with van der Waals surface area (Å²) in [5.74, 6) is 1.30. The average Bonchev–Trinajstić information content (AvgIpc) is 2.89. The number of ether oxygens (including phenoxy) is 1. The first-order valence-corrected chi connectivity index (χ1v) is 8.14. The fourth-order valence-electron chi connectivity index (χ4n) is 2.85. The highest BCUT2D eigenvalue weighted by atomic mass is 16.5. The topological polar surface area (TPSA) is 57.4 Å². The number of rotatable bonds is 8. The van der Waals surface area contributed by atoms with E-state index in [4.69, 9.17) is 4.74 Å². The second-order valence-corrected chi connectivity index (χ2v) is 6.27. The number of H-pyrrole nitrogens is 1. The fraction of sp³-hybridized carbons (Fsp3) is 0.500. The van der Waals surface area contributed by atoms with E-state index < -0.39 is 0 Å². The molecule has 5 nitrogen and oxygen atoms in total. The number of carbonyl (C=O) groups is 1. The van der Waals surface area contributed by atoms with Crippen LogP contribution < -0.4 is 10.1 Å². The summed E-state index contributed by atoms with van der Waals surface area (Å²) in [5.41, 5.74) is 1.97. The molecule has 0 aliphatic rings. The third-order valence-electron chi connectivity index (χ3n) is 3.72. The minimum absolute atomic E-state index is 0.0443. The number of hydrogen-bond acceptors (Lipinski definition) is 3. The van der Waals surface area contributed by atoms with Crippen LogP contribution in [-0.4, -0.2) is 49.6 Å². The lowest BCUT2D eigenvalue weighted by molar-refractivity contribution is -0.120. The van der Waals surface area contributed by atoms with Gasteiger partial charge in [0, 0.05) is 30.2 Å². The zero-order valence-corrected chi connectivity index (χ0v) is 14.5. The summed E-state index contributed by atoms with van der Waals surface area (Å²) < 4.78 is 5.68. The summed E-state index contributed by atoms with van der Waals surface area (Å²) in [5, 5.41) is 4.03. The van der Waals surface area contributed by atoms with Gasteiger partial charge in [-0.25, -0.2) is 0 Å². The number of carbonyl (C=O) groups excluding carboxylic acids is 1. The quantitative estimate of drug-likeness (QED) is 0.786. The average molecular weight is 317 g/mol. The number of aromatic amines is 1. The van der Waals surface area contributed by atoms with Crippen LogP contribution in [0.3, 0.4) is 0 Å². The van der Waals surface area contributed by atoms with Crippen LogP contribution in [0.4, 0.5) is 0 Å². The second-order valence-electron chi connectivity index (χ2n) is 6.27. The molecule has 1 amide bonds. The minimum atomic E-state index is 0.0443.